The third-order valence-corrected chi connectivity index (χ3v) is 4.53. The Morgan fingerprint density at radius 2 is 2.16 bits per heavy atom. The van der Waals surface area contributed by atoms with Crippen molar-refractivity contribution in [2.45, 2.75) is 39.0 Å². The zero-order chi connectivity index (χ0) is 17.7. The highest BCUT2D eigenvalue weighted by atomic mass is 16.5. The van der Waals surface area contributed by atoms with E-state index >= 15 is 0 Å². The van der Waals surface area contributed by atoms with E-state index in [1.165, 1.54) is 0 Å². The van der Waals surface area contributed by atoms with Crippen LogP contribution in [0.3, 0.4) is 0 Å². The summed E-state index contributed by atoms with van der Waals surface area (Å²) >= 11 is 0. The summed E-state index contributed by atoms with van der Waals surface area (Å²) in [5.74, 6) is 1.58. The standard InChI is InChI=1S/C18H34N4O3/c1-2-19-18(21-9-6-17(23)22-10-3-4-11-22)20-8-5-12-24-14-16-7-13-25-15-16/h16H,2-15H2,1H3,(H2,19,20,21). The van der Waals surface area contributed by atoms with E-state index in [4.69, 9.17) is 9.47 Å². The van der Waals surface area contributed by atoms with Crippen molar-refractivity contribution >= 4 is 11.9 Å². The maximum absolute atomic E-state index is 12.0. The van der Waals surface area contributed by atoms with Gasteiger partial charge in [-0.05, 0) is 32.6 Å². The number of hydrogen-bond acceptors (Lipinski definition) is 4. The number of rotatable bonds is 10. The number of hydrogen-bond donors (Lipinski definition) is 2. The van der Waals surface area contributed by atoms with Gasteiger partial charge in [0.25, 0.3) is 0 Å². The van der Waals surface area contributed by atoms with Crippen molar-refractivity contribution in [3.8, 4) is 0 Å². The van der Waals surface area contributed by atoms with Crippen molar-refractivity contribution < 1.29 is 14.3 Å². The molecule has 25 heavy (non-hydrogen) atoms. The van der Waals surface area contributed by atoms with E-state index in [9.17, 15) is 4.79 Å². The quantitative estimate of drug-likeness (QED) is 0.348. The van der Waals surface area contributed by atoms with Crippen LogP contribution in [0.4, 0.5) is 0 Å². The summed E-state index contributed by atoms with van der Waals surface area (Å²) in [5, 5.41) is 6.46. The monoisotopic (exact) mass is 354 g/mol. The summed E-state index contributed by atoms with van der Waals surface area (Å²) in [4.78, 5) is 18.5. The van der Waals surface area contributed by atoms with E-state index in [1.807, 2.05) is 11.8 Å². The lowest BCUT2D eigenvalue weighted by Crippen LogP contribution is -2.39. The number of carbonyl (C=O) groups excluding carboxylic acids is 1. The largest absolute Gasteiger partial charge is 0.381 e. The summed E-state index contributed by atoms with van der Waals surface area (Å²) in [7, 11) is 0. The van der Waals surface area contributed by atoms with Crippen LogP contribution in [0.15, 0.2) is 4.99 Å². The molecule has 0 aromatic rings. The van der Waals surface area contributed by atoms with Crippen LogP contribution >= 0.6 is 0 Å². The molecule has 2 saturated heterocycles. The first kappa shape index (κ1) is 20.0. The number of ether oxygens (including phenoxy) is 2. The molecule has 1 unspecified atom stereocenters. The molecule has 0 aromatic heterocycles. The molecule has 0 aliphatic carbocycles. The van der Waals surface area contributed by atoms with E-state index in [-0.39, 0.29) is 5.91 Å². The topological polar surface area (TPSA) is 75.2 Å². The number of likely N-dealkylation sites (tertiary alicyclic amines) is 1. The third-order valence-electron chi connectivity index (χ3n) is 4.53. The van der Waals surface area contributed by atoms with Gasteiger partial charge in [0.2, 0.25) is 5.91 Å². The molecule has 2 N–H and O–H groups in total. The van der Waals surface area contributed by atoms with Gasteiger partial charge in [-0.1, -0.05) is 0 Å². The van der Waals surface area contributed by atoms with Crippen molar-refractivity contribution in [3.05, 3.63) is 0 Å². The van der Waals surface area contributed by atoms with Gasteiger partial charge in [0.15, 0.2) is 5.96 Å². The first-order valence-electron chi connectivity index (χ1n) is 9.75. The fraction of sp³-hybridized carbons (Fsp3) is 0.889. The SMILES string of the molecule is CCNC(=NCCCOCC1CCOC1)NCCC(=O)N1CCCC1. The Bertz CT molecular complexity index is 405. The number of carbonyl (C=O) groups is 1. The van der Waals surface area contributed by atoms with Gasteiger partial charge in [-0.3, -0.25) is 9.79 Å². The van der Waals surface area contributed by atoms with Gasteiger partial charge in [0.1, 0.15) is 0 Å². The minimum absolute atomic E-state index is 0.241. The van der Waals surface area contributed by atoms with Crippen LogP contribution in [0.2, 0.25) is 0 Å². The first-order valence-corrected chi connectivity index (χ1v) is 9.75. The molecule has 0 aromatic carbocycles. The molecule has 0 saturated carbocycles. The molecule has 2 heterocycles. The van der Waals surface area contributed by atoms with E-state index in [1.54, 1.807) is 0 Å². The van der Waals surface area contributed by atoms with Gasteiger partial charge in [-0.25, -0.2) is 0 Å². The molecule has 1 atom stereocenters. The normalized spacial score (nSPS) is 20.9. The van der Waals surface area contributed by atoms with Crippen LogP contribution in [0, 0.1) is 5.92 Å². The second-order valence-corrected chi connectivity index (χ2v) is 6.68. The molecule has 0 radical (unpaired) electrons. The van der Waals surface area contributed by atoms with Crippen molar-refractivity contribution in [1.82, 2.24) is 15.5 Å². The van der Waals surface area contributed by atoms with Crippen molar-refractivity contribution in [2.75, 3.05) is 59.2 Å². The van der Waals surface area contributed by atoms with E-state index in [0.29, 0.717) is 18.9 Å². The van der Waals surface area contributed by atoms with Crippen LogP contribution in [0.25, 0.3) is 0 Å². The molecular formula is C18H34N4O3. The first-order chi connectivity index (χ1) is 12.3. The van der Waals surface area contributed by atoms with Gasteiger partial charge in [-0.2, -0.15) is 0 Å². The number of aliphatic imine (C=N–C) groups is 1. The fourth-order valence-corrected chi connectivity index (χ4v) is 3.08. The van der Waals surface area contributed by atoms with Crippen molar-refractivity contribution in [1.29, 1.82) is 0 Å². The summed E-state index contributed by atoms with van der Waals surface area (Å²) < 4.78 is 11.0. The Morgan fingerprint density at radius 1 is 1.32 bits per heavy atom. The number of amides is 1. The Kier molecular flexibility index (Phi) is 9.66. The fourth-order valence-electron chi connectivity index (χ4n) is 3.08. The van der Waals surface area contributed by atoms with Gasteiger partial charge in [-0.15, -0.1) is 0 Å². The molecule has 1 amide bonds. The van der Waals surface area contributed by atoms with Crippen molar-refractivity contribution in [3.63, 3.8) is 0 Å². The van der Waals surface area contributed by atoms with Crippen molar-refractivity contribution in [2.24, 2.45) is 10.9 Å². The zero-order valence-electron chi connectivity index (χ0n) is 15.6. The molecule has 2 rings (SSSR count). The Hall–Kier alpha value is -1.34. The zero-order valence-corrected chi connectivity index (χ0v) is 15.6. The molecular weight excluding hydrogens is 320 g/mol. The van der Waals surface area contributed by atoms with Crippen LogP contribution in [0.5, 0.6) is 0 Å². The predicted molar refractivity (Wildman–Crippen MR) is 98.8 cm³/mol. The van der Waals surface area contributed by atoms with Crippen LogP contribution < -0.4 is 10.6 Å². The number of nitrogens with zero attached hydrogens (tertiary/aromatic N) is 2. The van der Waals surface area contributed by atoms with E-state index in [0.717, 1.165) is 84.2 Å². The lowest BCUT2D eigenvalue weighted by molar-refractivity contribution is -0.129. The maximum Gasteiger partial charge on any atom is 0.224 e. The molecule has 0 bridgehead atoms. The highest BCUT2D eigenvalue weighted by Gasteiger charge is 2.17. The lowest BCUT2D eigenvalue weighted by Gasteiger charge is -2.16. The molecule has 2 aliphatic heterocycles. The van der Waals surface area contributed by atoms with Crippen LogP contribution in [-0.4, -0.2) is 75.9 Å². The highest BCUT2D eigenvalue weighted by molar-refractivity contribution is 5.81. The minimum Gasteiger partial charge on any atom is -0.381 e. The lowest BCUT2D eigenvalue weighted by atomic mass is 10.1. The maximum atomic E-state index is 12.0. The molecule has 2 aliphatic rings. The average Bonchev–Trinajstić information content (AvgIpc) is 3.31. The summed E-state index contributed by atoms with van der Waals surface area (Å²) in [6.45, 7) is 9.26. The van der Waals surface area contributed by atoms with E-state index < -0.39 is 0 Å². The summed E-state index contributed by atoms with van der Waals surface area (Å²) in [6, 6.07) is 0. The Morgan fingerprint density at radius 3 is 2.88 bits per heavy atom. The highest BCUT2D eigenvalue weighted by Crippen LogP contribution is 2.12. The second-order valence-electron chi connectivity index (χ2n) is 6.68. The van der Waals surface area contributed by atoms with E-state index in [2.05, 4.69) is 15.6 Å². The molecule has 7 heteroatoms. The number of nitrogens with one attached hydrogen (secondary N) is 2. The molecule has 7 nitrogen and oxygen atoms in total. The minimum atomic E-state index is 0.241. The molecule has 144 valence electrons. The van der Waals surface area contributed by atoms with Gasteiger partial charge >= 0.3 is 0 Å². The van der Waals surface area contributed by atoms with Gasteiger partial charge < -0.3 is 25.0 Å². The average molecular weight is 354 g/mol. The van der Waals surface area contributed by atoms with Crippen LogP contribution in [0.1, 0.15) is 39.0 Å². The second kappa shape index (κ2) is 12.1. The molecule has 2 fully saturated rings. The third kappa shape index (κ3) is 8.05. The molecule has 0 spiro atoms. The summed E-state index contributed by atoms with van der Waals surface area (Å²) in [6.07, 6.45) is 4.81. The smallest absolute Gasteiger partial charge is 0.224 e. The van der Waals surface area contributed by atoms with Gasteiger partial charge in [0, 0.05) is 58.3 Å². The van der Waals surface area contributed by atoms with Gasteiger partial charge in [0.05, 0.1) is 13.2 Å². The summed E-state index contributed by atoms with van der Waals surface area (Å²) in [5.41, 5.74) is 0. The number of guanidine groups is 1. The van der Waals surface area contributed by atoms with Crippen LogP contribution in [-0.2, 0) is 14.3 Å². The Balaban J connectivity index is 1.54. The predicted octanol–water partition coefficient (Wildman–Crippen LogP) is 0.997. The Labute approximate surface area is 151 Å².